The summed E-state index contributed by atoms with van der Waals surface area (Å²) in [7, 11) is 0. The lowest BCUT2D eigenvalue weighted by Crippen LogP contribution is -2.48. The van der Waals surface area contributed by atoms with Crippen LogP contribution in [0, 0.1) is 5.92 Å². The summed E-state index contributed by atoms with van der Waals surface area (Å²) in [5.74, 6) is 0.488. The maximum atomic E-state index is 11.8. The molecular weight excluding hydrogens is 218 g/mol. The Kier molecular flexibility index (Phi) is 4.05. The van der Waals surface area contributed by atoms with Gasteiger partial charge < -0.3 is 15.2 Å². The Morgan fingerprint density at radius 2 is 2.29 bits per heavy atom. The second-order valence-electron chi connectivity index (χ2n) is 5.65. The van der Waals surface area contributed by atoms with Crippen molar-refractivity contribution in [2.75, 3.05) is 13.2 Å². The predicted octanol–water partition coefficient (Wildman–Crippen LogP) is 1.22. The lowest BCUT2D eigenvalue weighted by Gasteiger charge is -2.35. The van der Waals surface area contributed by atoms with Crippen LogP contribution in [0.4, 0.5) is 0 Å². The lowest BCUT2D eigenvalue weighted by molar-refractivity contribution is -0.131. The van der Waals surface area contributed by atoms with E-state index in [-0.39, 0.29) is 12.0 Å². The molecule has 2 aliphatic rings. The third kappa shape index (κ3) is 3.42. The molecule has 4 nitrogen and oxygen atoms in total. The maximum Gasteiger partial charge on any atom is 0.249 e. The zero-order valence-electron chi connectivity index (χ0n) is 10.6. The minimum Gasteiger partial charge on any atom is -0.388 e. The molecule has 0 radical (unpaired) electrons. The summed E-state index contributed by atoms with van der Waals surface area (Å²) in [5.41, 5.74) is -0.702. The second kappa shape index (κ2) is 5.36. The van der Waals surface area contributed by atoms with Crippen molar-refractivity contribution in [3.8, 4) is 0 Å². The van der Waals surface area contributed by atoms with E-state index in [9.17, 15) is 9.90 Å². The fourth-order valence-electron chi connectivity index (χ4n) is 2.94. The van der Waals surface area contributed by atoms with E-state index >= 15 is 0 Å². The summed E-state index contributed by atoms with van der Waals surface area (Å²) in [6, 6.07) is 0. The van der Waals surface area contributed by atoms with Crippen molar-refractivity contribution in [2.45, 2.75) is 57.2 Å². The molecule has 3 atom stereocenters. The Morgan fingerprint density at radius 3 is 2.94 bits per heavy atom. The topological polar surface area (TPSA) is 58.6 Å². The van der Waals surface area contributed by atoms with Gasteiger partial charge in [-0.2, -0.15) is 0 Å². The van der Waals surface area contributed by atoms with E-state index in [1.807, 2.05) is 0 Å². The van der Waals surface area contributed by atoms with Gasteiger partial charge in [0.2, 0.25) is 5.91 Å². The number of aliphatic hydroxyl groups is 1. The Labute approximate surface area is 103 Å². The normalized spacial score (nSPS) is 38.0. The van der Waals surface area contributed by atoms with Gasteiger partial charge >= 0.3 is 0 Å². The zero-order valence-corrected chi connectivity index (χ0v) is 10.6. The van der Waals surface area contributed by atoms with Crippen molar-refractivity contribution in [1.82, 2.24) is 5.32 Å². The third-order valence-electron chi connectivity index (χ3n) is 3.88. The first-order chi connectivity index (χ1) is 8.09. The van der Waals surface area contributed by atoms with Crippen molar-refractivity contribution < 1.29 is 14.6 Å². The van der Waals surface area contributed by atoms with Crippen LogP contribution in [0.3, 0.4) is 0 Å². The van der Waals surface area contributed by atoms with Gasteiger partial charge in [0.15, 0.2) is 0 Å². The summed E-state index contributed by atoms with van der Waals surface area (Å²) < 4.78 is 5.31. The van der Waals surface area contributed by atoms with Gasteiger partial charge in [0.1, 0.15) is 6.10 Å². The molecule has 1 saturated carbocycles. The van der Waals surface area contributed by atoms with Crippen LogP contribution in [0.15, 0.2) is 0 Å². The number of ether oxygens (including phenoxy) is 1. The van der Waals surface area contributed by atoms with Crippen LogP contribution in [0.25, 0.3) is 0 Å². The SMILES string of the molecule is CC1CCCC(O)(CNC(=O)[C@@H]2CCCO2)C1. The average Bonchev–Trinajstić information content (AvgIpc) is 2.79. The van der Waals surface area contributed by atoms with E-state index in [0.717, 1.165) is 32.1 Å². The Morgan fingerprint density at radius 1 is 1.47 bits per heavy atom. The quantitative estimate of drug-likeness (QED) is 0.781. The third-order valence-corrected chi connectivity index (χ3v) is 3.88. The molecule has 2 N–H and O–H groups in total. The van der Waals surface area contributed by atoms with E-state index in [0.29, 0.717) is 19.1 Å². The van der Waals surface area contributed by atoms with Gasteiger partial charge in [0.05, 0.1) is 5.60 Å². The molecule has 1 aliphatic carbocycles. The van der Waals surface area contributed by atoms with E-state index in [2.05, 4.69) is 12.2 Å². The minimum absolute atomic E-state index is 0.0610. The number of nitrogens with one attached hydrogen (secondary N) is 1. The molecule has 1 heterocycles. The van der Waals surface area contributed by atoms with E-state index in [1.54, 1.807) is 0 Å². The van der Waals surface area contributed by atoms with Crippen molar-refractivity contribution in [2.24, 2.45) is 5.92 Å². The maximum absolute atomic E-state index is 11.8. The van der Waals surface area contributed by atoms with Crippen LogP contribution < -0.4 is 5.32 Å². The van der Waals surface area contributed by atoms with Crippen LogP contribution in [-0.4, -0.2) is 35.9 Å². The van der Waals surface area contributed by atoms with Gasteiger partial charge in [-0.05, 0) is 31.6 Å². The molecule has 1 amide bonds. The largest absolute Gasteiger partial charge is 0.388 e. The highest BCUT2D eigenvalue weighted by molar-refractivity contribution is 5.81. The molecule has 4 heteroatoms. The molecule has 2 fully saturated rings. The molecule has 0 aromatic rings. The van der Waals surface area contributed by atoms with Gasteiger partial charge in [0, 0.05) is 13.2 Å². The number of hydrogen-bond acceptors (Lipinski definition) is 3. The van der Waals surface area contributed by atoms with Gasteiger partial charge in [-0.1, -0.05) is 19.8 Å². The van der Waals surface area contributed by atoms with Crippen LogP contribution in [0.2, 0.25) is 0 Å². The van der Waals surface area contributed by atoms with Crippen LogP contribution >= 0.6 is 0 Å². The van der Waals surface area contributed by atoms with E-state index < -0.39 is 5.60 Å². The highest BCUT2D eigenvalue weighted by Crippen LogP contribution is 2.31. The first kappa shape index (κ1) is 12.8. The van der Waals surface area contributed by atoms with Crippen LogP contribution in [-0.2, 0) is 9.53 Å². The van der Waals surface area contributed by atoms with Crippen molar-refractivity contribution >= 4 is 5.91 Å². The molecule has 0 aromatic carbocycles. The highest BCUT2D eigenvalue weighted by Gasteiger charge is 2.34. The average molecular weight is 241 g/mol. The fraction of sp³-hybridized carbons (Fsp3) is 0.923. The standard InChI is InChI=1S/C13H23NO3/c1-10-4-2-6-13(16,8-10)9-14-12(15)11-5-3-7-17-11/h10-11,16H,2-9H2,1H3,(H,14,15)/t10?,11-,13?/m0/s1. The Balaban J connectivity index is 1.78. The first-order valence-electron chi connectivity index (χ1n) is 6.71. The van der Waals surface area contributed by atoms with E-state index in [4.69, 9.17) is 4.74 Å². The monoisotopic (exact) mass is 241 g/mol. The van der Waals surface area contributed by atoms with Gasteiger partial charge in [-0.25, -0.2) is 0 Å². The number of carbonyl (C=O) groups is 1. The molecule has 0 aromatic heterocycles. The minimum atomic E-state index is -0.702. The first-order valence-corrected chi connectivity index (χ1v) is 6.71. The van der Waals surface area contributed by atoms with Crippen LogP contribution in [0.1, 0.15) is 45.4 Å². The molecular formula is C13H23NO3. The number of rotatable bonds is 3. The molecule has 1 aliphatic heterocycles. The lowest BCUT2D eigenvalue weighted by atomic mass is 9.79. The number of carbonyl (C=O) groups excluding carboxylic acids is 1. The summed E-state index contributed by atoms with van der Waals surface area (Å²) >= 11 is 0. The summed E-state index contributed by atoms with van der Waals surface area (Å²) in [4.78, 5) is 11.8. The smallest absolute Gasteiger partial charge is 0.249 e. The van der Waals surface area contributed by atoms with Gasteiger partial charge in [0.25, 0.3) is 0 Å². The molecule has 1 saturated heterocycles. The van der Waals surface area contributed by atoms with Gasteiger partial charge in [-0.3, -0.25) is 4.79 Å². The van der Waals surface area contributed by atoms with Gasteiger partial charge in [-0.15, -0.1) is 0 Å². The van der Waals surface area contributed by atoms with E-state index in [1.165, 1.54) is 6.42 Å². The van der Waals surface area contributed by atoms with Crippen molar-refractivity contribution in [3.63, 3.8) is 0 Å². The molecule has 17 heavy (non-hydrogen) atoms. The molecule has 2 unspecified atom stereocenters. The van der Waals surface area contributed by atoms with Crippen LogP contribution in [0.5, 0.6) is 0 Å². The predicted molar refractivity (Wildman–Crippen MR) is 64.6 cm³/mol. The Bertz CT molecular complexity index is 276. The van der Waals surface area contributed by atoms with Crippen molar-refractivity contribution in [1.29, 1.82) is 0 Å². The molecule has 0 bridgehead atoms. The zero-order chi connectivity index (χ0) is 12.3. The van der Waals surface area contributed by atoms with Crippen molar-refractivity contribution in [3.05, 3.63) is 0 Å². The second-order valence-corrected chi connectivity index (χ2v) is 5.65. The molecule has 98 valence electrons. The highest BCUT2D eigenvalue weighted by atomic mass is 16.5. The fourth-order valence-corrected chi connectivity index (χ4v) is 2.94. The Hall–Kier alpha value is -0.610. The number of hydrogen-bond donors (Lipinski definition) is 2. The molecule has 0 spiro atoms. The number of amides is 1. The molecule has 2 rings (SSSR count). The summed E-state index contributed by atoms with van der Waals surface area (Å²) in [5, 5.41) is 13.2. The summed E-state index contributed by atoms with van der Waals surface area (Å²) in [6.45, 7) is 3.21. The summed E-state index contributed by atoms with van der Waals surface area (Å²) in [6.07, 6.45) is 5.29.